The molecule has 1 unspecified atom stereocenters. The summed E-state index contributed by atoms with van der Waals surface area (Å²) in [6.45, 7) is 1.89. The molecule has 4 fully saturated rings. The van der Waals surface area contributed by atoms with Gasteiger partial charge in [0.15, 0.2) is 0 Å². The molecule has 1 atom stereocenters. The molecule has 0 aliphatic heterocycles. The summed E-state index contributed by atoms with van der Waals surface area (Å²) in [6, 6.07) is -0.153. The molecule has 1 aromatic rings. The molecule has 4 aliphatic carbocycles. The molecule has 0 aromatic carbocycles. The fourth-order valence-corrected chi connectivity index (χ4v) is 5.11. The molecule has 4 nitrogen and oxygen atoms in total. The van der Waals surface area contributed by atoms with E-state index in [1.807, 2.05) is 6.92 Å². The average molecular weight is 261 g/mol. The van der Waals surface area contributed by atoms with Crippen LogP contribution >= 0.6 is 0 Å². The molecule has 4 bridgehead atoms. The van der Waals surface area contributed by atoms with Crippen LogP contribution in [0.15, 0.2) is 4.42 Å². The van der Waals surface area contributed by atoms with Gasteiger partial charge in [-0.25, -0.2) is 0 Å². The third-order valence-corrected chi connectivity index (χ3v) is 5.70. The average Bonchev–Trinajstić information content (AvgIpc) is 2.81. The second kappa shape index (κ2) is 4.30. The molecule has 4 aliphatic rings. The van der Waals surface area contributed by atoms with Crippen molar-refractivity contribution in [1.82, 2.24) is 10.2 Å². The Kier molecular flexibility index (Phi) is 2.69. The summed E-state index contributed by atoms with van der Waals surface area (Å²) in [5, 5.41) is 8.25. The Bertz CT molecular complexity index is 440. The van der Waals surface area contributed by atoms with E-state index in [2.05, 4.69) is 10.2 Å². The predicted octanol–water partition coefficient (Wildman–Crippen LogP) is 2.70. The van der Waals surface area contributed by atoms with Gasteiger partial charge in [-0.1, -0.05) is 0 Å². The lowest BCUT2D eigenvalue weighted by molar-refractivity contribution is -0.0382. The smallest absolute Gasteiger partial charge is 0.232 e. The van der Waals surface area contributed by atoms with Crippen molar-refractivity contribution in [2.75, 3.05) is 0 Å². The van der Waals surface area contributed by atoms with E-state index < -0.39 is 0 Å². The SMILES string of the molecule is CC(N)c1nnc(CC2C3CC4CC(C3)CC2C4)o1. The molecular formula is C15H23N3O. The number of nitrogens with two attached hydrogens (primary N) is 1. The zero-order valence-electron chi connectivity index (χ0n) is 11.6. The quantitative estimate of drug-likeness (QED) is 0.908. The maximum absolute atomic E-state index is 5.78. The van der Waals surface area contributed by atoms with Gasteiger partial charge in [0.1, 0.15) is 0 Å². The lowest BCUT2D eigenvalue weighted by Gasteiger charge is -2.54. The third-order valence-electron chi connectivity index (χ3n) is 5.70. The van der Waals surface area contributed by atoms with Crippen LogP contribution in [-0.4, -0.2) is 10.2 Å². The van der Waals surface area contributed by atoms with E-state index in [-0.39, 0.29) is 6.04 Å². The molecular weight excluding hydrogens is 238 g/mol. The summed E-state index contributed by atoms with van der Waals surface area (Å²) in [5.41, 5.74) is 5.78. The first-order valence-electron chi connectivity index (χ1n) is 7.77. The Morgan fingerprint density at radius 3 is 2.26 bits per heavy atom. The molecule has 0 spiro atoms. The predicted molar refractivity (Wildman–Crippen MR) is 71.1 cm³/mol. The van der Waals surface area contributed by atoms with E-state index in [0.29, 0.717) is 5.89 Å². The standard InChI is InChI=1S/C15H23N3O/c1-8(16)15-18-17-14(19-15)7-13-11-3-9-2-10(5-11)6-12(13)4-9/h8-13H,2-7,16H2,1H3. The van der Waals surface area contributed by atoms with E-state index >= 15 is 0 Å². The van der Waals surface area contributed by atoms with Crippen LogP contribution in [0, 0.1) is 29.6 Å². The molecule has 2 N–H and O–H groups in total. The first-order chi connectivity index (χ1) is 9.19. The largest absolute Gasteiger partial charge is 0.424 e. The fraction of sp³-hybridized carbons (Fsp3) is 0.867. The number of rotatable bonds is 3. The van der Waals surface area contributed by atoms with Gasteiger partial charge in [0.05, 0.1) is 6.04 Å². The third kappa shape index (κ3) is 2.00. The molecule has 1 aromatic heterocycles. The number of nitrogens with zero attached hydrogens (tertiary/aromatic N) is 2. The van der Waals surface area contributed by atoms with Crippen molar-refractivity contribution >= 4 is 0 Å². The minimum Gasteiger partial charge on any atom is -0.424 e. The van der Waals surface area contributed by atoms with E-state index in [1.54, 1.807) is 0 Å². The van der Waals surface area contributed by atoms with Crippen LogP contribution in [-0.2, 0) is 6.42 Å². The minimum absolute atomic E-state index is 0.153. The van der Waals surface area contributed by atoms with Crippen molar-refractivity contribution in [3.05, 3.63) is 11.8 Å². The summed E-state index contributed by atoms with van der Waals surface area (Å²) in [7, 11) is 0. The van der Waals surface area contributed by atoms with Gasteiger partial charge >= 0.3 is 0 Å². The van der Waals surface area contributed by atoms with Gasteiger partial charge in [-0.15, -0.1) is 10.2 Å². The number of hydrogen-bond acceptors (Lipinski definition) is 4. The number of hydrogen-bond donors (Lipinski definition) is 1. The van der Waals surface area contributed by atoms with Gasteiger partial charge < -0.3 is 10.2 Å². The first-order valence-corrected chi connectivity index (χ1v) is 7.77. The minimum atomic E-state index is -0.153. The fourth-order valence-electron chi connectivity index (χ4n) is 5.11. The maximum Gasteiger partial charge on any atom is 0.232 e. The Morgan fingerprint density at radius 1 is 1.11 bits per heavy atom. The molecule has 5 rings (SSSR count). The molecule has 104 valence electrons. The molecule has 1 heterocycles. The monoisotopic (exact) mass is 261 g/mol. The zero-order valence-corrected chi connectivity index (χ0v) is 11.6. The van der Waals surface area contributed by atoms with Gasteiger partial charge in [-0.2, -0.15) is 0 Å². The Morgan fingerprint density at radius 2 is 1.74 bits per heavy atom. The van der Waals surface area contributed by atoms with E-state index in [1.165, 1.54) is 32.1 Å². The maximum atomic E-state index is 5.78. The lowest BCUT2D eigenvalue weighted by atomic mass is 9.51. The molecule has 19 heavy (non-hydrogen) atoms. The summed E-state index contributed by atoms with van der Waals surface area (Å²) in [6.07, 6.45) is 8.29. The highest BCUT2D eigenvalue weighted by Crippen LogP contribution is 2.57. The molecule has 0 amide bonds. The van der Waals surface area contributed by atoms with Crippen LogP contribution in [0.1, 0.15) is 56.9 Å². The molecule has 0 saturated heterocycles. The lowest BCUT2D eigenvalue weighted by Crippen LogP contribution is -2.45. The van der Waals surface area contributed by atoms with Gasteiger partial charge in [-0.3, -0.25) is 0 Å². The van der Waals surface area contributed by atoms with Gasteiger partial charge in [0.2, 0.25) is 11.8 Å². The molecule has 0 radical (unpaired) electrons. The van der Waals surface area contributed by atoms with Crippen LogP contribution in [0.2, 0.25) is 0 Å². The highest BCUT2D eigenvalue weighted by atomic mass is 16.4. The Balaban J connectivity index is 1.50. The second-order valence-corrected chi connectivity index (χ2v) is 7.12. The van der Waals surface area contributed by atoms with Gasteiger partial charge in [0.25, 0.3) is 0 Å². The van der Waals surface area contributed by atoms with Crippen LogP contribution in [0.4, 0.5) is 0 Å². The van der Waals surface area contributed by atoms with Crippen molar-refractivity contribution in [1.29, 1.82) is 0 Å². The first kappa shape index (κ1) is 11.9. The summed E-state index contributed by atoms with van der Waals surface area (Å²) in [5.74, 6) is 6.07. The van der Waals surface area contributed by atoms with Crippen molar-refractivity contribution < 1.29 is 4.42 Å². The van der Waals surface area contributed by atoms with Crippen LogP contribution in [0.25, 0.3) is 0 Å². The molecule has 4 saturated carbocycles. The second-order valence-electron chi connectivity index (χ2n) is 7.12. The van der Waals surface area contributed by atoms with Crippen molar-refractivity contribution in [3.8, 4) is 0 Å². The van der Waals surface area contributed by atoms with Crippen LogP contribution < -0.4 is 5.73 Å². The van der Waals surface area contributed by atoms with Crippen molar-refractivity contribution in [2.24, 2.45) is 35.3 Å². The van der Waals surface area contributed by atoms with E-state index in [4.69, 9.17) is 10.2 Å². The van der Waals surface area contributed by atoms with Crippen molar-refractivity contribution in [2.45, 2.75) is 51.5 Å². The summed E-state index contributed by atoms with van der Waals surface area (Å²) >= 11 is 0. The van der Waals surface area contributed by atoms with Crippen LogP contribution in [0.3, 0.4) is 0 Å². The van der Waals surface area contributed by atoms with Gasteiger partial charge in [-0.05, 0) is 68.6 Å². The molecule has 4 heteroatoms. The normalized spacial score (nSPS) is 41.7. The summed E-state index contributed by atoms with van der Waals surface area (Å²) in [4.78, 5) is 0. The highest BCUT2D eigenvalue weighted by molar-refractivity contribution is 5.00. The zero-order chi connectivity index (χ0) is 13.0. The Labute approximate surface area is 114 Å². The highest BCUT2D eigenvalue weighted by Gasteiger charge is 2.48. The van der Waals surface area contributed by atoms with Crippen LogP contribution in [0.5, 0.6) is 0 Å². The summed E-state index contributed by atoms with van der Waals surface area (Å²) < 4.78 is 5.70. The van der Waals surface area contributed by atoms with E-state index in [0.717, 1.165) is 41.9 Å². The number of aromatic nitrogens is 2. The van der Waals surface area contributed by atoms with Crippen molar-refractivity contribution in [3.63, 3.8) is 0 Å². The van der Waals surface area contributed by atoms with E-state index in [9.17, 15) is 0 Å². The topological polar surface area (TPSA) is 64.9 Å². The Hall–Kier alpha value is -0.900. The van der Waals surface area contributed by atoms with Gasteiger partial charge in [0, 0.05) is 6.42 Å².